The zero-order chi connectivity index (χ0) is 10.8. The van der Waals surface area contributed by atoms with E-state index in [1.54, 1.807) is 12.1 Å². The Morgan fingerprint density at radius 3 is 3.13 bits per heavy atom. The second-order valence-electron chi connectivity index (χ2n) is 3.58. The van der Waals surface area contributed by atoms with Gasteiger partial charge in [0.05, 0.1) is 18.8 Å². The fourth-order valence-electron chi connectivity index (χ4n) is 1.65. The van der Waals surface area contributed by atoms with Gasteiger partial charge in [-0.1, -0.05) is 0 Å². The highest BCUT2D eigenvalue weighted by Crippen LogP contribution is 2.31. The van der Waals surface area contributed by atoms with E-state index in [0.717, 1.165) is 18.0 Å². The van der Waals surface area contributed by atoms with E-state index in [1.165, 1.54) is 0 Å². The molecule has 0 aliphatic carbocycles. The summed E-state index contributed by atoms with van der Waals surface area (Å²) in [6, 6.07) is 5.46. The standard InChI is InChI=1S/C11H14N2O2/c1-13-4-5-15-11-6-8(10(14)7-12)2-3-9(11)13/h2-3,6H,4-5,7,12H2,1H3. The fraction of sp³-hybridized carbons (Fsp3) is 0.364. The number of fused-ring (bicyclic) bond motifs is 1. The lowest BCUT2D eigenvalue weighted by Crippen LogP contribution is -2.29. The van der Waals surface area contributed by atoms with E-state index in [-0.39, 0.29) is 12.3 Å². The molecule has 0 bridgehead atoms. The van der Waals surface area contributed by atoms with E-state index in [1.807, 2.05) is 13.1 Å². The average Bonchev–Trinajstić information content (AvgIpc) is 2.28. The first-order chi connectivity index (χ1) is 7.22. The number of anilines is 1. The first-order valence-corrected chi connectivity index (χ1v) is 4.93. The first kappa shape index (κ1) is 9.98. The molecule has 0 saturated heterocycles. The van der Waals surface area contributed by atoms with Crippen LogP contribution < -0.4 is 15.4 Å². The van der Waals surface area contributed by atoms with Crippen LogP contribution in [0.25, 0.3) is 0 Å². The molecule has 1 heterocycles. The molecule has 15 heavy (non-hydrogen) atoms. The molecule has 1 aromatic carbocycles. The summed E-state index contributed by atoms with van der Waals surface area (Å²) in [5, 5.41) is 0. The lowest BCUT2D eigenvalue weighted by Gasteiger charge is -2.27. The maximum atomic E-state index is 11.4. The maximum Gasteiger partial charge on any atom is 0.176 e. The van der Waals surface area contributed by atoms with Gasteiger partial charge in [-0.2, -0.15) is 0 Å². The second-order valence-corrected chi connectivity index (χ2v) is 3.58. The number of likely N-dealkylation sites (N-methyl/N-ethyl adjacent to an activating group) is 1. The minimum Gasteiger partial charge on any atom is -0.490 e. The lowest BCUT2D eigenvalue weighted by atomic mass is 10.1. The van der Waals surface area contributed by atoms with E-state index in [9.17, 15) is 4.79 Å². The van der Waals surface area contributed by atoms with Crippen molar-refractivity contribution in [3.63, 3.8) is 0 Å². The van der Waals surface area contributed by atoms with Gasteiger partial charge >= 0.3 is 0 Å². The van der Waals surface area contributed by atoms with Crippen LogP contribution in [0.2, 0.25) is 0 Å². The third kappa shape index (κ3) is 1.80. The van der Waals surface area contributed by atoms with E-state index in [0.29, 0.717) is 12.2 Å². The molecule has 4 heteroatoms. The molecule has 0 saturated carbocycles. The van der Waals surface area contributed by atoms with Crippen molar-refractivity contribution in [1.29, 1.82) is 0 Å². The molecule has 0 atom stereocenters. The minimum atomic E-state index is -0.0605. The molecule has 0 aromatic heterocycles. The van der Waals surface area contributed by atoms with Crippen molar-refractivity contribution in [2.24, 2.45) is 5.73 Å². The lowest BCUT2D eigenvalue weighted by molar-refractivity contribution is 0.100. The summed E-state index contributed by atoms with van der Waals surface area (Å²) in [4.78, 5) is 13.5. The molecule has 0 amide bonds. The van der Waals surface area contributed by atoms with Crippen LogP contribution in [0.15, 0.2) is 18.2 Å². The number of carbonyl (C=O) groups is 1. The van der Waals surface area contributed by atoms with Crippen LogP contribution in [0.4, 0.5) is 5.69 Å². The quantitative estimate of drug-likeness (QED) is 0.722. The molecular weight excluding hydrogens is 192 g/mol. The summed E-state index contributed by atoms with van der Waals surface area (Å²) in [5.41, 5.74) is 6.95. The normalized spacial score (nSPS) is 14.4. The number of ether oxygens (including phenoxy) is 1. The smallest absolute Gasteiger partial charge is 0.176 e. The van der Waals surface area contributed by atoms with Gasteiger partial charge in [0.1, 0.15) is 12.4 Å². The van der Waals surface area contributed by atoms with Gasteiger partial charge in [-0.15, -0.1) is 0 Å². The van der Waals surface area contributed by atoms with Crippen LogP contribution in [-0.2, 0) is 0 Å². The van der Waals surface area contributed by atoms with Crippen molar-refractivity contribution >= 4 is 11.5 Å². The van der Waals surface area contributed by atoms with E-state index < -0.39 is 0 Å². The Morgan fingerprint density at radius 1 is 1.60 bits per heavy atom. The van der Waals surface area contributed by atoms with Crippen LogP contribution >= 0.6 is 0 Å². The second kappa shape index (κ2) is 3.90. The zero-order valence-corrected chi connectivity index (χ0v) is 8.69. The Morgan fingerprint density at radius 2 is 2.40 bits per heavy atom. The monoisotopic (exact) mass is 206 g/mol. The van der Waals surface area contributed by atoms with Crippen molar-refractivity contribution in [1.82, 2.24) is 0 Å². The molecule has 4 nitrogen and oxygen atoms in total. The zero-order valence-electron chi connectivity index (χ0n) is 8.69. The predicted molar refractivity (Wildman–Crippen MR) is 58.6 cm³/mol. The molecule has 1 aliphatic rings. The number of carbonyl (C=O) groups excluding carboxylic acids is 1. The van der Waals surface area contributed by atoms with Gasteiger partial charge in [-0.05, 0) is 18.2 Å². The summed E-state index contributed by atoms with van der Waals surface area (Å²) >= 11 is 0. The number of Topliss-reactive ketones (excluding diaryl/α,β-unsaturated/α-hetero) is 1. The van der Waals surface area contributed by atoms with Gasteiger partial charge in [0, 0.05) is 12.6 Å². The Bertz CT molecular complexity index is 390. The van der Waals surface area contributed by atoms with Crippen LogP contribution in [-0.4, -0.2) is 32.5 Å². The summed E-state index contributed by atoms with van der Waals surface area (Å²) in [6.45, 7) is 1.57. The Kier molecular flexibility index (Phi) is 2.60. The summed E-state index contributed by atoms with van der Waals surface area (Å²) in [6.07, 6.45) is 0. The maximum absolute atomic E-state index is 11.4. The topological polar surface area (TPSA) is 55.6 Å². The van der Waals surface area contributed by atoms with Gasteiger partial charge < -0.3 is 15.4 Å². The van der Waals surface area contributed by atoms with Gasteiger partial charge in [-0.3, -0.25) is 4.79 Å². The molecule has 0 fully saturated rings. The molecule has 1 aliphatic heterocycles. The molecule has 2 rings (SSSR count). The van der Waals surface area contributed by atoms with Crippen LogP contribution in [0, 0.1) is 0 Å². The summed E-state index contributed by atoms with van der Waals surface area (Å²) < 4.78 is 5.49. The number of rotatable bonds is 2. The highest BCUT2D eigenvalue weighted by molar-refractivity contribution is 5.98. The summed E-state index contributed by atoms with van der Waals surface area (Å²) in [7, 11) is 2.01. The number of hydrogen-bond acceptors (Lipinski definition) is 4. The van der Waals surface area contributed by atoms with Crippen molar-refractivity contribution in [3.05, 3.63) is 23.8 Å². The number of ketones is 1. The third-order valence-corrected chi connectivity index (χ3v) is 2.56. The van der Waals surface area contributed by atoms with E-state index in [2.05, 4.69) is 4.90 Å². The van der Waals surface area contributed by atoms with Crippen LogP contribution in [0.1, 0.15) is 10.4 Å². The Hall–Kier alpha value is -1.55. The molecule has 2 N–H and O–H groups in total. The fourth-order valence-corrected chi connectivity index (χ4v) is 1.65. The molecule has 0 radical (unpaired) electrons. The SMILES string of the molecule is CN1CCOc2cc(C(=O)CN)ccc21. The van der Waals surface area contributed by atoms with Crippen molar-refractivity contribution < 1.29 is 9.53 Å². The molecule has 0 unspecified atom stereocenters. The van der Waals surface area contributed by atoms with Gasteiger partial charge in [-0.25, -0.2) is 0 Å². The van der Waals surface area contributed by atoms with Crippen LogP contribution in [0.5, 0.6) is 5.75 Å². The highest BCUT2D eigenvalue weighted by Gasteiger charge is 2.16. The van der Waals surface area contributed by atoms with Crippen LogP contribution in [0.3, 0.4) is 0 Å². The Balaban J connectivity index is 2.37. The van der Waals surface area contributed by atoms with Gasteiger partial charge in [0.25, 0.3) is 0 Å². The molecule has 1 aromatic rings. The summed E-state index contributed by atoms with van der Waals surface area (Å²) in [5.74, 6) is 0.706. The predicted octanol–water partition coefficient (Wildman–Crippen LogP) is 0.657. The molecule has 0 spiro atoms. The minimum absolute atomic E-state index is 0.0363. The van der Waals surface area contributed by atoms with Crippen molar-refractivity contribution in [3.8, 4) is 5.75 Å². The average molecular weight is 206 g/mol. The third-order valence-electron chi connectivity index (χ3n) is 2.56. The van der Waals surface area contributed by atoms with Crippen molar-refractivity contribution in [2.45, 2.75) is 0 Å². The molecular formula is C11H14N2O2. The largest absolute Gasteiger partial charge is 0.490 e. The Labute approximate surface area is 88.6 Å². The number of nitrogens with two attached hydrogens (primary N) is 1. The van der Waals surface area contributed by atoms with E-state index in [4.69, 9.17) is 10.5 Å². The highest BCUT2D eigenvalue weighted by atomic mass is 16.5. The molecule has 80 valence electrons. The van der Waals surface area contributed by atoms with Gasteiger partial charge in [0.2, 0.25) is 0 Å². The van der Waals surface area contributed by atoms with Gasteiger partial charge in [0.15, 0.2) is 5.78 Å². The van der Waals surface area contributed by atoms with E-state index >= 15 is 0 Å². The van der Waals surface area contributed by atoms with Crippen molar-refractivity contribution in [2.75, 3.05) is 31.6 Å². The first-order valence-electron chi connectivity index (χ1n) is 4.93. The number of nitrogens with zero attached hydrogens (tertiary/aromatic N) is 1. The number of hydrogen-bond donors (Lipinski definition) is 1. The number of benzene rings is 1.